The van der Waals surface area contributed by atoms with E-state index < -0.39 is 12.8 Å². The zero-order valence-corrected chi connectivity index (χ0v) is 17.8. The standard InChI is InChI=1S/C19H19BrF3N3O5/c20-12-1-3-13(4-2-12)30-7-14(27)24-18-8-17(9-18,10-18)15-25-26-16(31-15)29-6-5-28-11-19(21,22)23/h1-4H,5-11H2,(H,24,27). The van der Waals surface area contributed by atoms with E-state index >= 15 is 0 Å². The van der Waals surface area contributed by atoms with Crippen molar-refractivity contribution in [2.45, 2.75) is 36.4 Å². The van der Waals surface area contributed by atoms with Gasteiger partial charge in [0.05, 0.1) is 12.0 Å². The first-order valence-corrected chi connectivity index (χ1v) is 10.3. The largest absolute Gasteiger partial charge is 0.484 e. The Morgan fingerprint density at radius 2 is 1.84 bits per heavy atom. The van der Waals surface area contributed by atoms with Crippen LogP contribution in [0.25, 0.3) is 0 Å². The summed E-state index contributed by atoms with van der Waals surface area (Å²) in [5.41, 5.74) is -0.581. The van der Waals surface area contributed by atoms with E-state index in [0.29, 0.717) is 30.9 Å². The Hall–Kier alpha value is -2.34. The molecule has 3 fully saturated rings. The van der Waals surface area contributed by atoms with E-state index in [2.05, 4.69) is 36.2 Å². The highest BCUT2D eigenvalue weighted by Crippen LogP contribution is 2.67. The van der Waals surface area contributed by atoms with Gasteiger partial charge >= 0.3 is 12.3 Å². The van der Waals surface area contributed by atoms with E-state index in [1.165, 1.54) is 0 Å². The molecule has 1 N–H and O–H groups in total. The third-order valence-electron chi connectivity index (χ3n) is 5.20. The Morgan fingerprint density at radius 3 is 2.52 bits per heavy atom. The van der Waals surface area contributed by atoms with Crippen LogP contribution in [0.4, 0.5) is 13.2 Å². The van der Waals surface area contributed by atoms with Crippen molar-refractivity contribution in [2.75, 3.05) is 26.4 Å². The van der Waals surface area contributed by atoms with E-state index in [9.17, 15) is 18.0 Å². The summed E-state index contributed by atoms with van der Waals surface area (Å²) in [7, 11) is 0. The predicted molar refractivity (Wildman–Crippen MR) is 103 cm³/mol. The molecular weight excluding hydrogens is 487 g/mol. The SMILES string of the molecule is O=C(COc1ccc(Br)cc1)NC12CC(c3nnc(OCCOCC(F)(F)F)o3)(C1)C2. The summed E-state index contributed by atoms with van der Waals surface area (Å²) in [6, 6.07) is 7.20. The number of nitrogens with zero attached hydrogens (tertiary/aromatic N) is 2. The molecule has 31 heavy (non-hydrogen) atoms. The summed E-state index contributed by atoms with van der Waals surface area (Å²) in [6.07, 6.45) is -2.49. The van der Waals surface area contributed by atoms with Crippen molar-refractivity contribution in [1.82, 2.24) is 15.5 Å². The van der Waals surface area contributed by atoms with Gasteiger partial charge in [-0.2, -0.15) is 13.2 Å². The van der Waals surface area contributed by atoms with Gasteiger partial charge in [-0.15, -0.1) is 5.10 Å². The van der Waals surface area contributed by atoms with Gasteiger partial charge in [-0.25, -0.2) is 0 Å². The minimum Gasteiger partial charge on any atom is -0.484 e. The number of benzene rings is 1. The molecule has 5 rings (SSSR count). The lowest BCUT2D eigenvalue weighted by Gasteiger charge is -2.68. The van der Waals surface area contributed by atoms with Crippen molar-refractivity contribution < 1.29 is 36.6 Å². The van der Waals surface area contributed by atoms with E-state index in [1.807, 2.05) is 12.1 Å². The van der Waals surface area contributed by atoms with Crippen molar-refractivity contribution in [1.29, 1.82) is 0 Å². The quantitative estimate of drug-likeness (QED) is 0.495. The molecule has 168 valence electrons. The zero-order chi connectivity index (χ0) is 22.1. The molecule has 0 radical (unpaired) electrons. The number of hydrogen-bond donors (Lipinski definition) is 1. The molecule has 3 saturated carbocycles. The highest BCUT2D eigenvalue weighted by molar-refractivity contribution is 9.10. The molecule has 0 unspecified atom stereocenters. The monoisotopic (exact) mass is 505 g/mol. The maximum absolute atomic E-state index is 12.2. The number of carbonyl (C=O) groups is 1. The van der Waals surface area contributed by atoms with Crippen molar-refractivity contribution in [3.05, 3.63) is 34.6 Å². The molecule has 3 aliphatic rings. The number of hydrogen-bond acceptors (Lipinski definition) is 7. The van der Waals surface area contributed by atoms with Crippen LogP contribution in [0.15, 0.2) is 33.2 Å². The van der Waals surface area contributed by atoms with Crippen LogP contribution in [0.1, 0.15) is 25.2 Å². The molecule has 2 bridgehead atoms. The summed E-state index contributed by atoms with van der Waals surface area (Å²) >= 11 is 3.34. The van der Waals surface area contributed by atoms with Gasteiger partial charge in [0.1, 0.15) is 19.0 Å². The molecule has 0 spiro atoms. The van der Waals surface area contributed by atoms with E-state index in [4.69, 9.17) is 13.9 Å². The van der Waals surface area contributed by atoms with Gasteiger partial charge in [-0.3, -0.25) is 4.79 Å². The number of aromatic nitrogens is 2. The number of amides is 1. The fourth-order valence-corrected chi connectivity index (χ4v) is 4.28. The van der Waals surface area contributed by atoms with Crippen LogP contribution in [0.3, 0.4) is 0 Å². The summed E-state index contributed by atoms with van der Waals surface area (Å²) in [4.78, 5) is 12.2. The molecule has 1 heterocycles. The first-order valence-electron chi connectivity index (χ1n) is 9.48. The molecule has 12 heteroatoms. The van der Waals surface area contributed by atoms with Gasteiger partial charge in [0.25, 0.3) is 5.91 Å². The Labute approximate surface area is 183 Å². The van der Waals surface area contributed by atoms with Crippen molar-refractivity contribution in [3.63, 3.8) is 0 Å². The molecule has 2 aromatic rings. The second-order valence-electron chi connectivity index (χ2n) is 7.77. The number of rotatable bonds is 10. The Morgan fingerprint density at radius 1 is 1.13 bits per heavy atom. The Kier molecular flexibility index (Phi) is 5.86. The highest BCUT2D eigenvalue weighted by atomic mass is 79.9. The average Bonchev–Trinajstić information content (AvgIpc) is 3.10. The van der Waals surface area contributed by atoms with Gasteiger partial charge in [0.15, 0.2) is 6.61 Å². The van der Waals surface area contributed by atoms with Gasteiger partial charge < -0.3 is 23.9 Å². The van der Waals surface area contributed by atoms with Gasteiger partial charge in [0.2, 0.25) is 5.89 Å². The van der Waals surface area contributed by atoms with Crippen LogP contribution in [0.5, 0.6) is 11.8 Å². The summed E-state index contributed by atoms with van der Waals surface area (Å²) < 4.78 is 57.4. The van der Waals surface area contributed by atoms with Crippen LogP contribution in [-0.2, 0) is 14.9 Å². The molecule has 8 nitrogen and oxygen atoms in total. The molecule has 3 aliphatic carbocycles. The first kappa shape index (κ1) is 21.9. The molecule has 0 aliphatic heterocycles. The third-order valence-corrected chi connectivity index (χ3v) is 5.73. The predicted octanol–water partition coefficient (Wildman–Crippen LogP) is 3.16. The van der Waals surface area contributed by atoms with Crippen LogP contribution in [0, 0.1) is 0 Å². The summed E-state index contributed by atoms with van der Waals surface area (Å²) in [5, 5.41) is 10.7. The van der Waals surface area contributed by atoms with Crippen LogP contribution in [-0.4, -0.2) is 54.2 Å². The van der Waals surface area contributed by atoms with E-state index in [-0.39, 0.29) is 42.8 Å². The van der Waals surface area contributed by atoms with Crippen LogP contribution < -0.4 is 14.8 Å². The topological polar surface area (TPSA) is 95.7 Å². The van der Waals surface area contributed by atoms with E-state index in [1.54, 1.807) is 12.1 Å². The van der Waals surface area contributed by atoms with Crippen LogP contribution >= 0.6 is 15.9 Å². The minimum absolute atomic E-state index is 0.0780. The molecule has 1 aromatic heterocycles. The summed E-state index contributed by atoms with van der Waals surface area (Å²) in [6.45, 7) is -1.80. The van der Waals surface area contributed by atoms with Gasteiger partial charge in [-0.05, 0) is 43.5 Å². The van der Waals surface area contributed by atoms with Crippen molar-refractivity contribution >= 4 is 21.8 Å². The van der Waals surface area contributed by atoms with Crippen molar-refractivity contribution in [3.8, 4) is 11.8 Å². The number of nitrogens with one attached hydrogen (secondary N) is 1. The fraction of sp³-hybridized carbons (Fsp3) is 0.526. The lowest BCUT2D eigenvalue weighted by molar-refractivity contribution is -0.175. The second-order valence-corrected chi connectivity index (χ2v) is 8.69. The third kappa shape index (κ3) is 5.12. The Bertz CT molecular complexity index is 915. The highest BCUT2D eigenvalue weighted by Gasteiger charge is 2.71. The lowest BCUT2D eigenvalue weighted by Crippen LogP contribution is -2.77. The zero-order valence-electron chi connectivity index (χ0n) is 16.2. The number of halogens is 4. The molecule has 1 aromatic carbocycles. The molecular formula is C19H19BrF3N3O5. The molecule has 0 saturated heterocycles. The Balaban J connectivity index is 1.17. The van der Waals surface area contributed by atoms with Crippen LogP contribution in [0.2, 0.25) is 0 Å². The van der Waals surface area contributed by atoms with Gasteiger partial charge in [0, 0.05) is 10.0 Å². The first-order chi connectivity index (χ1) is 14.7. The smallest absolute Gasteiger partial charge is 0.414 e. The molecule has 1 amide bonds. The summed E-state index contributed by atoms with van der Waals surface area (Å²) in [5.74, 6) is 0.806. The average molecular weight is 506 g/mol. The second kappa shape index (κ2) is 8.30. The number of ether oxygens (including phenoxy) is 3. The maximum Gasteiger partial charge on any atom is 0.414 e. The van der Waals surface area contributed by atoms with E-state index in [0.717, 1.165) is 4.47 Å². The van der Waals surface area contributed by atoms with Crippen molar-refractivity contribution in [2.24, 2.45) is 0 Å². The minimum atomic E-state index is -4.38. The maximum atomic E-state index is 12.2. The molecule has 0 atom stereocenters. The number of carbonyl (C=O) groups excluding carboxylic acids is 1. The lowest BCUT2D eigenvalue weighted by atomic mass is 9.39. The normalized spacial score (nSPS) is 24.1. The fourth-order valence-electron chi connectivity index (χ4n) is 4.02. The number of alkyl halides is 3. The van der Waals surface area contributed by atoms with Gasteiger partial charge in [-0.1, -0.05) is 21.0 Å².